The third kappa shape index (κ3) is 2.89. The summed E-state index contributed by atoms with van der Waals surface area (Å²) in [5, 5.41) is 2.86. The lowest BCUT2D eigenvalue weighted by molar-refractivity contribution is -0.124. The standard InChI is InChI=1S/C10H18N2O2S/c1-7(6-14-2)5-12-9(13)10(3-4-10)8(11)15/h7H,3-6H2,1-2H3,(H2,11,15)(H,12,13). The van der Waals surface area contributed by atoms with Gasteiger partial charge >= 0.3 is 0 Å². The Bertz CT molecular complexity index is 264. The molecule has 3 N–H and O–H groups in total. The molecule has 1 amide bonds. The summed E-state index contributed by atoms with van der Waals surface area (Å²) in [6.45, 7) is 3.27. The third-order valence-electron chi connectivity index (χ3n) is 2.72. The zero-order valence-electron chi connectivity index (χ0n) is 9.21. The SMILES string of the molecule is COCC(C)CNC(=O)C1(C(N)=S)CC1. The maximum absolute atomic E-state index is 11.8. The van der Waals surface area contributed by atoms with E-state index in [9.17, 15) is 4.79 Å². The minimum Gasteiger partial charge on any atom is -0.392 e. The average Bonchev–Trinajstić information content (AvgIpc) is 2.95. The van der Waals surface area contributed by atoms with E-state index in [1.807, 2.05) is 6.92 Å². The molecule has 0 bridgehead atoms. The quantitative estimate of drug-likeness (QED) is 0.650. The first kappa shape index (κ1) is 12.4. The summed E-state index contributed by atoms with van der Waals surface area (Å²) in [4.78, 5) is 12.1. The van der Waals surface area contributed by atoms with Gasteiger partial charge in [-0.1, -0.05) is 19.1 Å². The van der Waals surface area contributed by atoms with Crippen LogP contribution in [0.3, 0.4) is 0 Å². The van der Waals surface area contributed by atoms with Crippen LogP contribution in [0, 0.1) is 11.3 Å². The van der Waals surface area contributed by atoms with Crippen molar-refractivity contribution in [2.75, 3.05) is 20.3 Å². The van der Waals surface area contributed by atoms with Gasteiger partial charge < -0.3 is 15.8 Å². The molecule has 0 radical (unpaired) electrons. The lowest BCUT2D eigenvalue weighted by Gasteiger charge is -2.16. The minimum atomic E-state index is -0.540. The van der Waals surface area contributed by atoms with E-state index in [1.54, 1.807) is 7.11 Å². The summed E-state index contributed by atoms with van der Waals surface area (Å²) in [6.07, 6.45) is 1.57. The second-order valence-electron chi connectivity index (χ2n) is 4.22. The molecule has 1 unspecified atom stereocenters. The number of rotatable bonds is 6. The predicted octanol–water partition coefficient (Wildman–Crippen LogP) is 0.451. The van der Waals surface area contributed by atoms with Gasteiger partial charge in [0.15, 0.2) is 0 Å². The number of thiocarbonyl (C=S) groups is 1. The number of carbonyl (C=O) groups excluding carboxylic acids is 1. The van der Waals surface area contributed by atoms with E-state index in [0.717, 1.165) is 12.8 Å². The van der Waals surface area contributed by atoms with Crippen molar-refractivity contribution >= 4 is 23.1 Å². The van der Waals surface area contributed by atoms with Gasteiger partial charge in [-0.3, -0.25) is 4.79 Å². The number of nitrogens with one attached hydrogen (secondary N) is 1. The molecule has 1 rings (SSSR count). The number of carbonyl (C=O) groups is 1. The largest absolute Gasteiger partial charge is 0.392 e. The molecule has 0 aromatic rings. The summed E-state index contributed by atoms with van der Waals surface area (Å²) in [5.74, 6) is 0.277. The maximum Gasteiger partial charge on any atom is 0.233 e. The van der Waals surface area contributed by atoms with Crippen molar-refractivity contribution in [3.05, 3.63) is 0 Å². The minimum absolute atomic E-state index is 0.0297. The molecule has 1 saturated carbocycles. The Labute approximate surface area is 95.5 Å². The molecular weight excluding hydrogens is 212 g/mol. The fraction of sp³-hybridized carbons (Fsp3) is 0.800. The fourth-order valence-electron chi connectivity index (χ4n) is 1.49. The summed E-state index contributed by atoms with van der Waals surface area (Å²) in [6, 6.07) is 0. The van der Waals surface area contributed by atoms with Gasteiger partial charge in [0.1, 0.15) is 0 Å². The zero-order valence-corrected chi connectivity index (χ0v) is 10.0. The molecule has 1 aliphatic carbocycles. The van der Waals surface area contributed by atoms with Crippen LogP contribution in [-0.4, -0.2) is 31.2 Å². The Kier molecular flexibility index (Phi) is 4.04. The van der Waals surface area contributed by atoms with Crippen LogP contribution in [0.15, 0.2) is 0 Å². The van der Waals surface area contributed by atoms with Crippen LogP contribution < -0.4 is 11.1 Å². The van der Waals surface area contributed by atoms with Crippen LogP contribution in [0.5, 0.6) is 0 Å². The van der Waals surface area contributed by atoms with Crippen molar-refractivity contribution in [1.82, 2.24) is 5.32 Å². The lowest BCUT2D eigenvalue weighted by Crippen LogP contribution is -2.41. The summed E-state index contributed by atoms with van der Waals surface area (Å²) >= 11 is 4.89. The van der Waals surface area contributed by atoms with E-state index in [0.29, 0.717) is 24.1 Å². The first-order chi connectivity index (χ1) is 7.03. The van der Waals surface area contributed by atoms with Gasteiger partial charge in [0.05, 0.1) is 17.0 Å². The molecule has 4 nitrogen and oxygen atoms in total. The van der Waals surface area contributed by atoms with Crippen molar-refractivity contribution < 1.29 is 9.53 Å². The van der Waals surface area contributed by atoms with Crippen LogP contribution in [0.25, 0.3) is 0 Å². The first-order valence-corrected chi connectivity index (χ1v) is 5.51. The number of hydrogen-bond donors (Lipinski definition) is 2. The highest BCUT2D eigenvalue weighted by molar-refractivity contribution is 7.80. The number of ether oxygens (including phenoxy) is 1. The van der Waals surface area contributed by atoms with E-state index in [2.05, 4.69) is 5.32 Å². The fourth-order valence-corrected chi connectivity index (χ4v) is 1.79. The van der Waals surface area contributed by atoms with Crippen molar-refractivity contribution in [2.45, 2.75) is 19.8 Å². The van der Waals surface area contributed by atoms with Gasteiger partial charge in [-0.2, -0.15) is 0 Å². The lowest BCUT2D eigenvalue weighted by atomic mass is 10.1. The van der Waals surface area contributed by atoms with Crippen molar-refractivity contribution in [1.29, 1.82) is 0 Å². The van der Waals surface area contributed by atoms with Crippen LogP contribution >= 0.6 is 12.2 Å². The summed E-state index contributed by atoms with van der Waals surface area (Å²) in [7, 11) is 1.65. The van der Waals surface area contributed by atoms with E-state index in [4.69, 9.17) is 22.7 Å². The number of hydrogen-bond acceptors (Lipinski definition) is 3. The summed E-state index contributed by atoms with van der Waals surface area (Å²) < 4.78 is 4.98. The number of methoxy groups -OCH3 is 1. The third-order valence-corrected chi connectivity index (χ3v) is 3.11. The Balaban J connectivity index is 2.34. The van der Waals surface area contributed by atoms with Crippen molar-refractivity contribution in [3.8, 4) is 0 Å². The second kappa shape index (κ2) is 4.90. The van der Waals surface area contributed by atoms with E-state index in [-0.39, 0.29) is 5.91 Å². The number of amides is 1. The monoisotopic (exact) mass is 230 g/mol. The molecule has 0 aliphatic heterocycles. The van der Waals surface area contributed by atoms with Crippen LogP contribution in [0.1, 0.15) is 19.8 Å². The van der Waals surface area contributed by atoms with Crippen LogP contribution in [-0.2, 0) is 9.53 Å². The molecule has 86 valence electrons. The van der Waals surface area contributed by atoms with E-state index >= 15 is 0 Å². The molecule has 15 heavy (non-hydrogen) atoms. The van der Waals surface area contributed by atoms with Gasteiger partial charge in [-0.15, -0.1) is 0 Å². The second-order valence-corrected chi connectivity index (χ2v) is 4.66. The van der Waals surface area contributed by atoms with Crippen molar-refractivity contribution in [3.63, 3.8) is 0 Å². The number of nitrogens with two attached hydrogens (primary N) is 1. The molecule has 5 heteroatoms. The maximum atomic E-state index is 11.8. The first-order valence-electron chi connectivity index (χ1n) is 5.10. The molecule has 0 aromatic heterocycles. The van der Waals surface area contributed by atoms with Gasteiger partial charge in [0.2, 0.25) is 5.91 Å². The Morgan fingerprint density at radius 2 is 2.27 bits per heavy atom. The molecular formula is C10H18N2O2S. The van der Waals surface area contributed by atoms with Crippen molar-refractivity contribution in [2.24, 2.45) is 17.1 Å². The van der Waals surface area contributed by atoms with E-state index in [1.165, 1.54) is 0 Å². The average molecular weight is 230 g/mol. The Morgan fingerprint density at radius 3 is 2.67 bits per heavy atom. The summed E-state index contributed by atoms with van der Waals surface area (Å²) in [5.41, 5.74) is 5.01. The molecule has 0 heterocycles. The van der Waals surface area contributed by atoms with Crippen LogP contribution in [0.4, 0.5) is 0 Å². The normalized spacial score (nSPS) is 19.3. The highest BCUT2D eigenvalue weighted by Gasteiger charge is 2.52. The Morgan fingerprint density at radius 1 is 1.67 bits per heavy atom. The zero-order chi connectivity index (χ0) is 11.5. The highest BCUT2D eigenvalue weighted by Crippen LogP contribution is 2.46. The van der Waals surface area contributed by atoms with Gasteiger partial charge in [-0.25, -0.2) is 0 Å². The van der Waals surface area contributed by atoms with Gasteiger partial charge in [0.25, 0.3) is 0 Å². The van der Waals surface area contributed by atoms with Gasteiger partial charge in [-0.05, 0) is 18.8 Å². The topological polar surface area (TPSA) is 64.3 Å². The smallest absolute Gasteiger partial charge is 0.233 e. The van der Waals surface area contributed by atoms with Gasteiger partial charge in [0, 0.05) is 13.7 Å². The van der Waals surface area contributed by atoms with E-state index < -0.39 is 5.41 Å². The highest BCUT2D eigenvalue weighted by atomic mass is 32.1. The molecule has 1 fully saturated rings. The molecule has 1 aliphatic rings. The van der Waals surface area contributed by atoms with Crippen LogP contribution in [0.2, 0.25) is 0 Å². The molecule has 1 atom stereocenters. The predicted molar refractivity (Wildman–Crippen MR) is 62.5 cm³/mol. The molecule has 0 aromatic carbocycles. The Hall–Kier alpha value is -0.680. The molecule has 0 spiro atoms. The molecule has 0 saturated heterocycles.